The number of carboxylic acid groups (broad SMARTS) is 1. The Morgan fingerprint density at radius 2 is 1.95 bits per heavy atom. The SMILES string of the molecule is O=C(O)c1ccc(S(=O)(=O)NCCC(=O)N2CCCC2)s1. The minimum Gasteiger partial charge on any atom is -0.477 e. The Balaban J connectivity index is 1.88. The van der Waals surface area contributed by atoms with E-state index in [2.05, 4.69) is 4.72 Å². The van der Waals surface area contributed by atoms with Crippen molar-refractivity contribution in [2.24, 2.45) is 0 Å². The van der Waals surface area contributed by atoms with Crippen LogP contribution in [0.1, 0.15) is 28.9 Å². The molecule has 1 aliphatic rings. The van der Waals surface area contributed by atoms with Crippen molar-refractivity contribution in [2.45, 2.75) is 23.5 Å². The highest BCUT2D eigenvalue weighted by atomic mass is 32.2. The lowest BCUT2D eigenvalue weighted by atomic mass is 10.4. The first-order valence-electron chi connectivity index (χ1n) is 6.51. The molecule has 7 nitrogen and oxygen atoms in total. The molecule has 0 bridgehead atoms. The number of hydrogen-bond donors (Lipinski definition) is 2. The highest BCUT2D eigenvalue weighted by molar-refractivity contribution is 7.91. The second-order valence-corrected chi connectivity index (χ2v) is 7.74. The quantitative estimate of drug-likeness (QED) is 0.799. The first kappa shape index (κ1) is 15.9. The summed E-state index contributed by atoms with van der Waals surface area (Å²) in [5, 5.41) is 8.78. The molecule has 1 saturated heterocycles. The zero-order valence-corrected chi connectivity index (χ0v) is 12.9. The number of rotatable bonds is 6. The second kappa shape index (κ2) is 6.54. The number of aromatic carboxylic acids is 1. The fourth-order valence-corrected chi connectivity index (χ4v) is 4.29. The van der Waals surface area contributed by atoms with Crippen LogP contribution in [0.3, 0.4) is 0 Å². The molecule has 2 N–H and O–H groups in total. The summed E-state index contributed by atoms with van der Waals surface area (Å²) in [6.07, 6.45) is 2.09. The molecular weight excluding hydrogens is 316 g/mol. The molecule has 2 rings (SSSR count). The van der Waals surface area contributed by atoms with Gasteiger partial charge < -0.3 is 10.0 Å². The Labute approximate surface area is 126 Å². The summed E-state index contributed by atoms with van der Waals surface area (Å²) >= 11 is 0.687. The van der Waals surface area contributed by atoms with Gasteiger partial charge in [-0.15, -0.1) is 11.3 Å². The Morgan fingerprint density at radius 3 is 2.52 bits per heavy atom. The van der Waals surface area contributed by atoms with Gasteiger partial charge in [0.25, 0.3) is 0 Å². The number of likely N-dealkylation sites (tertiary alicyclic amines) is 1. The zero-order valence-electron chi connectivity index (χ0n) is 11.2. The molecule has 2 heterocycles. The molecule has 116 valence electrons. The first-order valence-corrected chi connectivity index (χ1v) is 8.81. The Morgan fingerprint density at radius 1 is 1.29 bits per heavy atom. The summed E-state index contributed by atoms with van der Waals surface area (Å²) in [5.74, 6) is -1.22. The molecule has 0 aromatic carbocycles. The normalized spacial score (nSPS) is 15.3. The number of carboxylic acids is 1. The van der Waals surface area contributed by atoms with E-state index in [1.54, 1.807) is 4.90 Å². The maximum atomic E-state index is 12.0. The van der Waals surface area contributed by atoms with Gasteiger partial charge in [0.15, 0.2) is 0 Å². The van der Waals surface area contributed by atoms with Crippen molar-refractivity contribution in [2.75, 3.05) is 19.6 Å². The van der Waals surface area contributed by atoms with Crippen LogP contribution in [-0.4, -0.2) is 49.9 Å². The topological polar surface area (TPSA) is 104 Å². The van der Waals surface area contributed by atoms with E-state index in [4.69, 9.17) is 5.11 Å². The van der Waals surface area contributed by atoms with Gasteiger partial charge in [-0.1, -0.05) is 0 Å². The second-order valence-electron chi connectivity index (χ2n) is 4.66. The molecule has 0 radical (unpaired) electrons. The van der Waals surface area contributed by atoms with Gasteiger partial charge in [-0.25, -0.2) is 17.9 Å². The highest BCUT2D eigenvalue weighted by Crippen LogP contribution is 2.21. The van der Waals surface area contributed by atoms with Crippen LogP contribution in [0.25, 0.3) is 0 Å². The lowest BCUT2D eigenvalue weighted by molar-refractivity contribution is -0.129. The van der Waals surface area contributed by atoms with Gasteiger partial charge in [-0.3, -0.25) is 4.79 Å². The maximum absolute atomic E-state index is 12.0. The number of carbonyl (C=O) groups excluding carboxylic acids is 1. The van der Waals surface area contributed by atoms with Gasteiger partial charge in [0.05, 0.1) is 0 Å². The van der Waals surface area contributed by atoms with E-state index in [1.165, 1.54) is 12.1 Å². The molecule has 0 unspecified atom stereocenters. The van der Waals surface area contributed by atoms with Gasteiger partial charge >= 0.3 is 5.97 Å². The zero-order chi connectivity index (χ0) is 15.5. The van der Waals surface area contributed by atoms with Gasteiger partial charge in [0.2, 0.25) is 15.9 Å². The highest BCUT2D eigenvalue weighted by Gasteiger charge is 2.21. The molecule has 0 atom stereocenters. The van der Waals surface area contributed by atoms with Crippen LogP contribution in [0, 0.1) is 0 Å². The third-order valence-corrected chi connectivity index (χ3v) is 6.17. The Hall–Kier alpha value is -1.45. The summed E-state index contributed by atoms with van der Waals surface area (Å²) in [6.45, 7) is 1.48. The van der Waals surface area contributed by atoms with E-state index >= 15 is 0 Å². The van der Waals surface area contributed by atoms with Crippen LogP contribution >= 0.6 is 11.3 Å². The lowest BCUT2D eigenvalue weighted by Gasteiger charge is -2.14. The predicted octanol–water partition coefficient (Wildman–Crippen LogP) is 0.737. The van der Waals surface area contributed by atoms with E-state index in [0.717, 1.165) is 25.9 Å². The predicted molar refractivity (Wildman–Crippen MR) is 76.9 cm³/mol. The molecule has 1 amide bonds. The molecular formula is C12H16N2O5S2. The summed E-state index contributed by atoms with van der Waals surface area (Å²) in [4.78, 5) is 24.2. The van der Waals surface area contributed by atoms with Crippen molar-refractivity contribution in [3.05, 3.63) is 17.0 Å². The fraction of sp³-hybridized carbons (Fsp3) is 0.500. The minimum atomic E-state index is -3.76. The van der Waals surface area contributed by atoms with Crippen LogP contribution in [0.4, 0.5) is 0 Å². The summed E-state index contributed by atoms with van der Waals surface area (Å²) < 4.78 is 26.2. The van der Waals surface area contributed by atoms with Crippen molar-refractivity contribution in [1.82, 2.24) is 9.62 Å². The number of nitrogens with zero attached hydrogens (tertiary/aromatic N) is 1. The first-order chi connectivity index (χ1) is 9.90. The van der Waals surface area contributed by atoms with E-state index < -0.39 is 16.0 Å². The van der Waals surface area contributed by atoms with Crippen LogP contribution < -0.4 is 4.72 Å². The van der Waals surface area contributed by atoms with Crippen molar-refractivity contribution < 1.29 is 23.1 Å². The largest absolute Gasteiger partial charge is 0.477 e. The van der Waals surface area contributed by atoms with Crippen LogP contribution in [0.15, 0.2) is 16.3 Å². The summed E-state index contributed by atoms with van der Waals surface area (Å²) in [5.41, 5.74) is 0. The van der Waals surface area contributed by atoms with Gasteiger partial charge in [0, 0.05) is 26.1 Å². The average Bonchev–Trinajstić information content (AvgIpc) is 3.10. The van der Waals surface area contributed by atoms with E-state index in [1.807, 2.05) is 0 Å². The molecule has 1 aromatic heterocycles. The van der Waals surface area contributed by atoms with Crippen molar-refractivity contribution in [3.8, 4) is 0 Å². The molecule has 0 saturated carbocycles. The van der Waals surface area contributed by atoms with Crippen LogP contribution in [0.2, 0.25) is 0 Å². The standard InChI is InChI=1S/C12H16N2O5S2/c15-10(14-7-1-2-8-14)5-6-13-21(18,19)11-4-3-9(20-11)12(16)17/h3-4,13H,1-2,5-8H2,(H,16,17). The smallest absolute Gasteiger partial charge is 0.345 e. The third kappa shape index (κ3) is 4.02. The number of carbonyl (C=O) groups is 2. The summed E-state index contributed by atoms with van der Waals surface area (Å²) in [6, 6.07) is 2.50. The maximum Gasteiger partial charge on any atom is 0.345 e. The van der Waals surface area contributed by atoms with E-state index in [0.29, 0.717) is 11.3 Å². The Kier molecular flexibility index (Phi) is 4.96. The monoisotopic (exact) mass is 332 g/mol. The number of sulfonamides is 1. The van der Waals surface area contributed by atoms with Crippen LogP contribution in [0.5, 0.6) is 0 Å². The minimum absolute atomic E-state index is 0.0119. The fourth-order valence-electron chi connectivity index (χ4n) is 2.07. The number of thiophene rings is 1. The molecule has 0 spiro atoms. The number of amides is 1. The third-order valence-electron chi connectivity index (χ3n) is 3.15. The molecule has 21 heavy (non-hydrogen) atoms. The molecule has 1 aliphatic heterocycles. The van der Waals surface area contributed by atoms with Crippen molar-refractivity contribution >= 4 is 33.2 Å². The number of nitrogens with one attached hydrogen (secondary N) is 1. The average molecular weight is 332 g/mol. The molecule has 0 aliphatic carbocycles. The van der Waals surface area contributed by atoms with Gasteiger partial charge in [-0.05, 0) is 25.0 Å². The van der Waals surface area contributed by atoms with E-state index in [-0.39, 0.29) is 28.0 Å². The van der Waals surface area contributed by atoms with Gasteiger partial charge in [-0.2, -0.15) is 0 Å². The Bertz CT molecular complexity index is 632. The molecule has 1 fully saturated rings. The molecule has 9 heteroatoms. The number of hydrogen-bond acceptors (Lipinski definition) is 5. The van der Waals surface area contributed by atoms with Gasteiger partial charge in [0.1, 0.15) is 9.09 Å². The lowest BCUT2D eigenvalue weighted by Crippen LogP contribution is -2.32. The van der Waals surface area contributed by atoms with Crippen molar-refractivity contribution in [3.63, 3.8) is 0 Å². The van der Waals surface area contributed by atoms with Crippen LogP contribution in [-0.2, 0) is 14.8 Å². The van der Waals surface area contributed by atoms with Crippen molar-refractivity contribution in [1.29, 1.82) is 0 Å². The summed E-state index contributed by atoms with van der Waals surface area (Å²) in [7, 11) is -3.76. The molecule has 1 aromatic rings. The van der Waals surface area contributed by atoms with E-state index in [9.17, 15) is 18.0 Å².